The molecular formula is C19H22N2O6S. The van der Waals surface area contributed by atoms with Crippen LogP contribution in [-0.4, -0.2) is 42.9 Å². The zero-order valence-corrected chi connectivity index (χ0v) is 16.3. The lowest BCUT2D eigenvalue weighted by Gasteiger charge is -2.14. The van der Waals surface area contributed by atoms with E-state index in [1.54, 1.807) is 31.2 Å². The Bertz CT molecular complexity index is 941. The van der Waals surface area contributed by atoms with Gasteiger partial charge in [0.2, 0.25) is 11.8 Å². The summed E-state index contributed by atoms with van der Waals surface area (Å²) in [5.41, 5.74) is 0.686. The maximum Gasteiger partial charge on any atom is 0.242 e. The van der Waals surface area contributed by atoms with Crippen LogP contribution in [0.1, 0.15) is 13.8 Å². The number of para-hydroxylation sites is 2. The van der Waals surface area contributed by atoms with E-state index < -0.39 is 32.7 Å². The molecule has 2 aromatic rings. The van der Waals surface area contributed by atoms with Gasteiger partial charge in [-0.25, -0.2) is 8.42 Å². The van der Waals surface area contributed by atoms with Gasteiger partial charge in [0.15, 0.2) is 9.84 Å². The van der Waals surface area contributed by atoms with Gasteiger partial charge in [0.05, 0.1) is 12.3 Å². The molecule has 2 aromatic carbocycles. The molecule has 2 amide bonds. The van der Waals surface area contributed by atoms with E-state index in [1.807, 2.05) is 0 Å². The summed E-state index contributed by atoms with van der Waals surface area (Å²) in [5.74, 6) is -1.95. The fourth-order valence-electron chi connectivity index (χ4n) is 2.30. The Balaban J connectivity index is 2.02. The van der Waals surface area contributed by atoms with Crippen LogP contribution in [0.3, 0.4) is 0 Å². The Labute approximate surface area is 163 Å². The average Bonchev–Trinajstić information content (AvgIpc) is 2.64. The first-order valence-electron chi connectivity index (χ1n) is 8.56. The minimum Gasteiger partial charge on any atom is -0.508 e. The third-order valence-corrected chi connectivity index (χ3v) is 5.79. The van der Waals surface area contributed by atoms with Gasteiger partial charge in [-0.1, -0.05) is 12.1 Å². The molecule has 28 heavy (non-hydrogen) atoms. The van der Waals surface area contributed by atoms with Gasteiger partial charge < -0.3 is 20.5 Å². The van der Waals surface area contributed by atoms with Crippen molar-refractivity contribution < 1.29 is 27.9 Å². The topological polar surface area (TPSA) is 122 Å². The van der Waals surface area contributed by atoms with Crippen molar-refractivity contribution in [2.24, 2.45) is 0 Å². The molecule has 0 radical (unpaired) electrons. The van der Waals surface area contributed by atoms with E-state index in [0.717, 1.165) is 0 Å². The molecule has 0 aliphatic rings. The quantitative estimate of drug-likeness (QED) is 0.578. The molecule has 9 heteroatoms. The maximum absolute atomic E-state index is 12.4. The summed E-state index contributed by atoms with van der Waals surface area (Å²) >= 11 is 0. The van der Waals surface area contributed by atoms with Crippen LogP contribution in [-0.2, 0) is 19.4 Å². The van der Waals surface area contributed by atoms with Crippen molar-refractivity contribution in [2.45, 2.75) is 19.1 Å². The second-order valence-electron chi connectivity index (χ2n) is 5.96. The molecule has 0 saturated carbocycles. The molecule has 0 aliphatic heterocycles. The number of hydrogen-bond acceptors (Lipinski definition) is 6. The maximum atomic E-state index is 12.4. The van der Waals surface area contributed by atoms with Crippen LogP contribution in [0.5, 0.6) is 11.5 Å². The van der Waals surface area contributed by atoms with E-state index >= 15 is 0 Å². The number of amides is 2. The molecule has 0 heterocycles. The molecule has 0 saturated heterocycles. The molecule has 1 atom stereocenters. The van der Waals surface area contributed by atoms with E-state index in [0.29, 0.717) is 23.7 Å². The lowest BCUT2D eigenvalue weighted by atomic mass is 10.3. The van der Waals surface area contributed by atoms with Crippen LogP contribution in [0.2, 0.25) is 0 Å². The van der Waals surface area contributed by atoms with Crippen LogP contribution < -0.4 is 15.4 Å². The monoisotopic (exact) mass is 406 g/mol. The largest absolute Gasteiger partial charge is 0.508 e. The number of phenolic OH excluding ortho intramolecular Hbond substituents is 1. The number of phenols is 1. The summed E-state index contributed by atoms with van der Waals surface area (Å²) in [7, 11) is -4.05. The Morgan fingerprint density at radius 3 is 2.36 bits per heavy atom. The van der Waals surface area contributed by atoms with Gasteiger partial charge in [-0.2, -0.15) is 0 Å². The van der Waals surface area contributed by atoms with Gasteiger partial charge in [0, 0.05) is 5.69 Å². The minimum atomic E-state index is -4.05. The van der Waals surface area contributed by atoms with Crippen LogP contribution in [0.25, 0.3) is 0 Å². The van der Waals surface area contributed by atoms with Gasteiger partial charge in [0.1, 0.15) is 22.5 Å². The summed E-state index contributed by atoms with van der Waals surface area (Å²) in [6, 6.07) is 12.2. The molecular weight excluding hydrogens is 384 g/mol. The average molecular weight is 406 g/mol. The lowest BCUT2D eigenvalue weighted by Crippen LogP contribution is -2.37. The van der Waals surface area contributed by atoms with Crippen molar-refractivity contribution in [1.82, 2.24) is 0 Å². The van der Waals surface area contributed by atoms with E-state index in [1.165, 1.54) is 31.2 Å². The number of hydrogen-bond donors (Lipinski definition) is 3. The van der Waals surface area contributed by atoms with Crippen molar-refractivity contribution in [3.8, 4) is 11.5 Å². The Morgan fingerprint density at radius 2 is 1.71 bits per heavy atom. The number of benzene rings is 2. The minimum absolute atomic E-state index is 0.0164. The zero-order chi connectivity index (χ0) is 20.7. The highest BCUT2D eigenvalue weighted by molar-refractivity contribution is 7.93. The molecule has 150 valence electrons. The van der Waals surface area contributed by atoms with Crippen LogP contribution in [0.4, 0.5) is 11.4 Å². The van der Waals surface area contributed by atoms with Crippen LogP contribution >= 0.6 is 0 Å². The number of rotatable bonds is 8. The summed E-state index contributed by atoms with van der Waals surface area (Å²) in [4.78, 5) is 24.4. The number of carbonyl (C=O) groups is 2. The van der Waals surface area contributed by atoms with Gasteiger partial charge in [-0.15, -0.1) is 0 Å². The molecule has 2 rings (SSSR count). The Morgan fingerprint density at radius 1 is 1.07 bits per heavy atom. The molecule has 3 N–H and O–H groups in total. The van der Waals surface area contributed by atoms with E-state index in [9.17, 15) is 23.1 Å². The van der Waals surface area contributed by atoms with Crippen molar-refractivity contribution >= 4 is 33.0 Å². The highest BCUT2D eigenvalue weighted by Gasteiger charge is 2.30. The smallest absolute Gasteiger partial charge is 0.242 e. The highest BCUT2D eigenvalue weighted by atomic mass is 32.2. The molecule has 0 bridgehead atoms. The van der Waals surface area contributed by atoms with Gasteiger partial charge in [-0.3, -0.25) is 9.59 Å². The standard InChI is InChI=1S/C19H22N2O6S/c1-3-27-17-7-5-4-6-16(17)21-18(23)12-28(25,26)13(2)19(24)20-14-8-10-15(22)11-9-14/h4-11,13,22H,3,12H2,1-2H3,(H,20,24)(H,21,23). The predicted molar refractivity (Wildman–Crippen MR) is 106 cm³/mol. The second kappa shape index (κ2) is 9.23. The van der Waals surface area contributed by atoms with Crippen molar-refractivity contribution in [3.63, 3.8) is 0 Å². The highest BCUT2D eigenvalue weighted by Crippen LogP contribution is 2.23. The van der Waals surface area contributed by atoms with Gasteiger partial charge in [-0.05, 0) is 50.2 Å². The third kappa shape index (κ3) is 5.71. The lowest BCUT2D eigenvalue weighted by molar-refractivity contribution is -0.115. The summed E-state index contributed by atoms with van der Waals surface area (Å²) in [6.45, 7) is 3.39. The molecule has 8 nitrogen and oxygen atoms in total. The number of aromatic hydroxyl groups is 1. The summed E-state index contributed by atoms with van der Waals surface area (Å²) in [6.07, 6.45) is 0. The first kappa shape index (κ1) is 21.2. The molecule has 0 aliphatic carbocycles. The normalized spacial score (nSPS) is 12.1. The van der Waals surface area contributed by atoms with Crippen LogP contribution in [0.15, 0.2) is 48.5 Å². The third-order valence-electron chi connectivity index (χ3n) is 3.84. The van der Waals surface area contributed by atoms with Gasteiger partial charge >= 0.3 is 0 Å². The zero-order valence-electron chi connectivity index (χ0n) is 15.5. The number of ether oxygens (including phenoxy) is 1. The number of carbonyl (C=O) groups excluding carboxylic acids is 2. The summed E-state index contributed by atoms with van der Waals surface area (Å²) < 4.78 is 30.3. The first-order valence-corrected chi connectivity index (χ1v) is 10.3. The first-order chi connectivity index (χ1) is 13.2. The number of anilines is 2. The van der Waals surface area contributed by atoms with Crippen molar-refractivity contribution in [2.75, 3.05) is 23.0 Å². The number of sulfone groups is 1. The fraction of sp³-hybridized carbons (Fsp3) is 0.263. The van der Waals surface area contributed by atoms with E-state index in [4.69, 9.17) is 4.74 Å². The molecule has 0 aromatic heterocycles. The second-order valence-corrected chi connectivity index (χ2v) is 8.28. The fourth-order valence-corrected chi connectivity index (χ4v) is 3.37. The van der Waals surface area contributed by atoms with Crippen molar-refractivity contribution in [1.29, 1.82) is 0 Å². The van der Waals surface area contributed by atoms with Crippen molar-refractivity contribution in [3.05, 3.63) is 48.5 Å². The predicted octanol–water partition coefficient (Wildman–Crippen LogP) is 2.17. The molecule has 1 unspecified atom stereocenters. The molecule has 0 spiro atoms. The van der Waals surface area contributed by atoms with E-state index in [2.05, 4.69) is 10.6 Å². The SMILES string of the molecule is CCOc1ccccc1NC(=O)CS(=O)(=O)C(C)C(=O)Nc1ccc(O)cc1. The van der Waals surface area contributed by atoms with Crippen LogP contribution in [0, 0.1) is 0 Å². The Hall–Kier alpha value is -3.07. The Kier molecular flexibility index (Phi) is 7.00. The molecule has 0 fully saturated rings. The number of nitrogens with one attached hydrogen (secondary N) is 2. The van der Waals surface area contributed by atoms with Gasteiger partial charge in [0.25, 0.3) is 0 Å². The van der Waals surface area contributed by atoms with E-state index in [-0.39, 0.29) is 5.75 Å². The summed E-state index contributed by atoms with van der Waals surface area (Å²) in [5, 5.41) is 12.7.